The molecule has 2 atom stereocenters. The number of carbonyl (C=O) groups excluding carboxylic acids is 1. The second kappa shape index (κ2) is 7.14. The van der Waals surface area contributed by atoms with Crippen molar-refractivity contribution >= 4 is 16.9 Å². The summed E-state index contributed by atoms with van der Waals surface area (Å²) in [5.74, 6) is 0.247. The van der Waals surface area contributed by atoms with Crippen LogP contribution in [0.5, 0.6) is 5.75 Å². The summed E-state index contributed by atoms with van der Waals surface area (Å²) in [5.41, 5.74) is 0.400. The van der Waals surface area contributed by atoms with Gasteiger partial charge in [-0.3, -0.25) is 4.79 Å². The van der Waals surface area contributed by atoms with E-state index in [1.54, 1.807) is 6.07 Å². The summed E-state index contributed by atoms with van der Waals surface area (Å²) in [5, 5.41) is 37.8. The highest BCUT2D eigenvalue weighted by Crippen LogP contribution is 2.25. The molecule has 102 valence electrons. The van der Waals surface area contributed by atoms with Crippen LogP contribution >= 0.6 is 11.8 Å². The zero-order chi connectivity index (χ0) is 14.4. The molecule has 0 aliphatic carbocycles. The van der Waals surface area contributed by atoms with Crippen LogP contribution in [0.2, 0.25) is 0 Å². The fourth-order valence-corrected chi connectivity index (χ4v) is 2.18. The Hall–Kier alpha value is -1.55. The molecule has 0 radical (unpaired) electrons. The lowest BCUT2D eigenvalue weighted by Crippen LogP contribution is -2.19. The topological polar surface area (TPSA) is 102 Å². The minimum atomic E-state index is -1.15. The normalized spacial score (nSPS) is 13.6. The molecule has 0 saturated carbocycles. The van der Waals surface area contributed by atoms with Gasteiger partial charge in [0.15, 0.2) is 5.12 Å². The van der Waals surface area contributed by atoms with Crippen LogP contribution in [0.25, 0.3) is 0 Å². The van der Waals surface area contributed by atoms with Gasteiger partial charge in [0.25, 0.3) is 0 Å². The molecule has 0 amide bonds. The molecule has 0 aromatic heterocycles. The summed E-state index contributed by atoms with van der Waals surface area (Å²) < 4.78 is 0. The highest BCUT2D eigenvalue weighted by atomic mass is 32.2. The van der Waals surface area contributed by atoms with Gasteiger partial charge in [-0.25, -0.2) is 0 Å². The molecule has 1 aromatic carbocycles. The predicted octanol–water partition coefficient (Wildman–Crippen LogP) is 1.33. The van der Waals surface area contributed by atoms with Gasteiger partial charge in [-0.05, 0) is 24.1 Å². The third-order valence-corrected chi connectivity index (χ3v) is 3.41. The first-order valence-electron chi connectivity index (χ1n) is 5.68. The van der Waals surface area contributed by atoms with E-state index in [1.807, 2.05) is 0 Å². The van der Waals surface area contributed by atoms with Gasteiger partial charge in [-0.15, -0.1) is 0 Å². The van der Waals surface area contributed by atoms with Crippen LogP contribution in [0.4, 0.5) is 0 Å². The molecule has 19 heavy (non-hydrogen) atoms. The zero-order valence-corrected chi connectivity index (χ0v) is 11.2. The number of nitriles is 1. The Morgan fingerprint density at radius 1 is 1.47 bits per heavy atom. The molecule has 0 heterocycles. The number of hydrogen-bond donors (Lipinski definition) is 3. The largest absolute Gasteiger partial charge is 0.507 e. The van der Waals surface area contributed by atoms with E-state index in [9.17, 15) is 20.1 Å². The van der Waals surface area contributed by atoms with Crippen LogP contribution < -0.4 is 0 Å². The predicted molar refractivity (Wildman–Crippen MR) is 71.5 cm³/mol. The summed E-state index contributed by atoms with van der Waals surface area (Å²) in [4.78, 5) is 10.7. The van der Waals surface area contributed by atoms with Crippen molar-refractivity contribution in [2.24, 2.45) is 0 Å². The lowest BCUT2D eigenvalue weighted by atomic mass is 10.0. The van der Waals surface area contributed by atoms with Crippen molar-refractivity contribution in [3.8, 4) is 11.8 Å². The van der Waals surface area contributed by atoms with Crippen molar-refractivity contribution in [1.82, 2.24) is 0 Å². The van der Waals surface area contributed by atoms with Crippen molar-refractivity contribution in [2.75, 3.05) is 5.75 Å². The van der Waals surface area contributed by atoms with E-state index in [2.05, 4.69) is 0 Å². The Labute approximate surface area is 115 Å². The van der Waals surface area contributed by atoms with Gasteiger partial charge < -0.3 is 15.3 Å². The average Bonchev–Trinajstić information content (AvgIpc) is 2.38. The number of nitrogens with zero attached hydrogens (tertiary/aromatic N) is 1. The van der Waals surface area contributed by atoms with Crippen molar-refractivity contribution < 1.29 is 20.1 Å². The highest BCUT2D eigenvalue weighted by molar-refractivity contribution is 8.13. The SMILES string of the molecule is CC(=O)SCCC(O)C(O)c1ccc(O)c(C#N)c1. The van der Waals surface area contributed by atoms with E-state index in [-0.39, 0.29) is 22.8 Å². The van der Waals surface area contributed by atoms with Crippen LogP contribution in [0.3, 0.4) is 0 Å². The van der Waals surface area contributed by atoms with Gasteiger partial charge in [-0.1, -0.05) is 17.8 Å². The first kappa shape index (κ1) is 15.5. The standard InChI is InChI=1S/C13H15NO4S/c1-8(15)19-5-4-12(17)13(18)9-2-3-11(16)10(6-9)7-14/h2-3,6,12-13,16-18H,4-5H2,1H3. The maximum Gasteiger partial charge on any atom is 0.185 e. The number of carbonyl (C=O) groups is 1. The Morgan fingerprint density at radius 3 is 2.74 bits per heavy atom. The molecular weight excluding hydrogens is 266 g/mol. The molecule has 0 fully saturated rings. The van der Waals surface area contributed by atoms with Crippen molar-refractivity contribution in [3.05, 3.63) is 29.3 Å². The van der Waals surface area contributed by atoms with Gasteiger partial charge in [0.1, 0.15) is 17.9 Å². The number of aromatic hydroxyl groups is 1. The smallest absolute Gasteiger partial charge is 0.185 e. The van der Waals surface area contributed by atoms with Crippen LogP contribution in [0.15, 0.2) is 18.2 Å². The van der Waals surface area contributed by atoms with Crippen LogP contribution in [-0.4, -0.2) is 32.3 Å². The first-order valence-corrected chi connectivity index (χ1v) is 6.66. The quantitative estimate of drug-likeness (QED) is 0.752. The monoisotopic (exact) mass is 281 g/mol. The van der Waals surface area contributed by atoms with E-state index in [0.717, 1.165) is 11.8 Å². The minimum Gasteiger partial charge on any atom is -0.507 e. The molecule has 1 aromatic rings. The third kappa shape index (κ3) is 4.56. The average molecular weight is 281 g/mol. The van der Waals surface area contributed by atoms with E-state index in [1.165, 1.54) is 25.1 Å². The molecule has 0 aliphatic rings. The number of hydrogen-bond acceptors (Lipinski definition) is 6. The molecule has 5 nitrogen and oxygen atoms in total. The molecule has 0 saturated heterocycles. The van der Waals surface area contributed by atoms with Crippen LogP contribution in [0, 0.1) is 11.3 Å². The lowest BCUT2D eigenvalue weighted by Gasteiger charge is -2.18. The number of benzene rings is 1. The van der Waals surface area contributed by atoms with Crippen LogP contribution in [-0.2, 0) is 4.79 Å². The van der Waals surface area contributed by atoms with Crippen molar-refractivity contribution in [2.45, 2.75) is 25.6 Å². The number of phenols is 1. The molecule has 0 bridgehead atoms. The molecule has 0 aliphatic heterocycles. The second-order valence-electron chi connectivity index (χ2n) is 4.03. The third-order valence-electron chi connectivity index (χ3n) is 2.57. The summed E-state index contributed by atoms with van der Waals surface area (Å²) in [6, 6.07) is 5.88. The molecule has 2 unspecified atom stereocenters. The Bertz CT molecular complexity index is 498. The zero-order valence-electron chi connectivity index (χ0n) is 10.4. The Morgan fingerprint density at radius 2 is 2.16 bits per heavy atom. The van der Waals surface area contributed by atoms with Crippen molar-refractivity contribution in [1.29, 1.82) is 5.26 Å². The van der Waals surface area contributed by atoms with Gasteiger partial charge in [0, 0.05) is 12.7 Å². The number of thioether (sulfide) groups is 1. The maximum atomic E-state index is 10.7. The molecular formula is C13H15NO4S. The van der Waals surface area contributed by atoms with Gasteiger partial charge in [0.2, 0.25) is 0 Å². The Kier molecular flexibility index (Phi) is 5.83. The van der Waals surface area contributed by atoms with E-state index >= 15 is 0 Å². The summed E-state index contributed by atoms with van der Waals surface area (Å²) >= 11 is 1.08. The highest BCUT2D eigenvalue weighted by Gasteiger charge is 2.19. The first-order chi connectivity index (χ1) is 8.95. The summed E-state index contributed by atoms with van der Waals surface area (Å²) in [6.45, 7) is 1.44. The molecule has 3 N–H and O–H groups in total. The van der Waals surface area contributed by atoms with Crippen LogP contribution in [0.1, 0.15) is 30.6 Å². The Balaban J connectivity index is 2.69. The van der Waals surface area contributed by atoms with Gasteiger partial charge in [-0.2, -0.15) is 5.26 Å². The number of rotatable bonds is 5. The van der Waals surface area contributed by atoms with E-state index in [0.29, 0.717) is 11.3 Å². The fourth-order valence-electron chi connectivity index (χ4n) is 1.53. The lowest BCUT2D eigenvalue weighted by molar-refractivity contribution is -0.109. The van der Waals surface area contributed by atoms with E-state index < -0.39 is 12.2 Å². The van der Waals surface area contributed by atoms with E-state index in [4.69, 9.17) is 5.26 Å². The number of phenolic OH excluding ortho intramolecular Hbond substituents is 1. The summed E-state index contributed by atoms with van der Waals surface area (Å²) in [6.07, 6.45) is -1.92. The number of aliphatic hydroxyl groups is 2. The fraction of sp³-hybridized carbons (Fsp3) is 0.385. The molecule has 1 rings (SSSR count). The maximum absolute atomic E-state index is 10.7. The summed E-state index contributed by atoms with van der Waals surface area (Å²) in [7, 11) is 0. The number of aliphatic hydroxyl groups excluding tert-OH is 2. The van der Waals surface area contributed by atoms with Gasteiger partial charge in [0.05, 0.1) is 11.7 Å². The second-order valence-corrected chi connectivity index (χ2v) is 5.30. The molecule has 0 spiro atoms. The minimum absolute atomic E-state index is 0.0434. The molecule has 6 heteroatoms. The van der Waals surface area contributed by atoms with Crippen molar-refractivity contribution in [3.63, 3.8) is 0 Å². The van der Waals surface area contributed by atoms with Gasteiger partial charge >= 0.3 is 0 Å².